The van der Waals surface area contributed by atoms with Gasteiger partial charge in [-0.1, -0.05) is 48.0 Å². The van der Waals surface area contributed by atoms with Crippen LogP contribution in [-0.4, -0.2) is 42.2 Å². The quantitative estimate of drug-likeness (QED) is 0.398. The molecule has 0 saturated carbocycles. The minimum atomic E-state index is -0.833. The van der Waals surface area contributed by atoms with E-state index in [1.165, 1.54) is 0 Å². The van der Waals surface area contributed by atoms with Crippen LogP contribution in [0.4, 0.5) is 10.5 Å². The Bertz CT molecular complexity index is 993. The largest absolute Gasteiger partial charge is 0.491 e. The lowest BCUT2D eigenvalue weighted by Crippen LogP contribution is -2.31. The number of para-hydroxylation sites is 1. The van der Waals surface area contributed by atoms with Gasteiger partial charge in [-0.25, -0.2) is 4.79 Å². The third-order valence-corrected chi connectivity index (χ3v) is 4.86. The van der Waals surface area contributed by atoms with E-state index in [1.807, 2.05) is 37.3 Å². The molecule has 0 radical (unpaired) electrons. The van der Waals surface area contributed by atoms with Crippen molar-refractivity contribution < 1.29 is 29.2 Å². The molecular formula is C26H29NO6. The van der Waals surface area contributed by atoms with Gasteiger partial charge in [0.05, 0.1) is 6.61 Å². The number of hydrogen-bond donors (Lipinski definition) is 3. The number of aliphatic hydroxyl groups is 2. The van der Waals surface area contributed by atoms with Crippen molar-refractivity contribution in [3.63, 3.8) is 0 Å². The standard InChI is InChI=1S/C26H29NO6/c1-19-10-12-21(13-11-19)27-26(30)33-25(20-6-5-9-23(18-20)31-17-16-29)24(14-15-28)32-22-7-3-2-4-8-22/h2-13,18,24-25,28-29H,14-17H2,1H3,(H,27,30)/t24-,25-/m1/s1. The van der Waals surface area contributed by atoms with Crippen LogP contribution in [0.1, 0.15) is 23.7 Å². The van der Waals surface area contributed by atoms with Crippen molar-refractivity contribution in [2.75, 3.05) is 25.1 Å². The van der Waals surface area contributed by atoms with Gasteiger partial charge < -0.3 is 24.4 Å². The van der Waals surface area contributed by atoms with Crippen molar-refractivity contribution in [3.05, 3.63) is 90.0 Å². The molecule has 3 aromatic carbocycles. The molecule has 33 heavy (non-hydrogen) atoms. The number of hydrogen-bond acceptors (Lipinski definition) is 6. The van der Waals surface area contributed by atoms with E-state index in [4.69, 9.17) is 19.3 Å². The highest BCUT2D eigenvalue weighted by Crippen LogP contribution is 2.30. The highest BCUT2D eigenvalue weighted by molar-refractivity contribution is 5.84. The molecule has 1 amide bonds. The molecule has 7 nitrogen and oxygen atoms in total. The molecule has 2 atom stereocenters. The average Bonchev–Trinajstić information content (AvgIpc) is 2.83. The maximum Gasteiger partial charge on any atom is 0.412 e. The number of aliphatic hydroxyl groups excluding tert-OH is 2. The third-order valence-electron chi connectivity index (χ3n) is 4.86. The van der Waals surface area contributed by atoms with Gasteiger partial charge >= 0.3 is 6.09 Å². The Kier molecular flexibility index (Phi) is 9.11. The van der Waals surface area contributed by atoms with Crippen molar-refractivity contribution in [1.82, 2.24) is 0 Å². The molecule has 0 heterocycles. The molecule has 0 aliphatic carbocycles. The first-order valence-electron chi connectivity index (χ1n) is 10.8. The predicted octanol–water partition coefficient (Wildman–Crippen LogP) is 4.49. The van der Waals surface area contributed by atoms with Gasteiger partial charge in [-0.15, -0.1) is 0 Å². The Morgan fingerprint density at radius 1 is 0.909 bits per heavy atom. The summed E-state index contributed by atoms with van der Waals surface area (Å²) < 4.78 is 17.5. The van der Waals surface area contributed by atoms with Crippen molar-refractivity contribution in [1.29, 1.82) is 0 Å². The zero-order chi connectivity index (χ0) is 23.5. The Balaban J connectivity index is 1.86. The van der Waals surface area contributed by atoms with Crippen LogP contribution in [0.3, 0.4) is 0 Å². The first-order chi connectivity index (χ1) is 16.1. The number of rotatable bonds is 11. The number of carbonyl (C=O) groups is 1. The van der Waals surface area contributed by atoms with E-state index in [-0.39, 0.29) is 26.2 Å². The minimum absolute atomic E-state index is 0.118. The van der Waals surface area contributed by atoms with Crippen LogP contribution in [0, 0.1) is 6.92 Å². The number of nitrogens with one attached hydrogen (secondary N) is 1. The highest BCUT2D eigenvalue weighted by Gasteiger charge is 2.29. The van der Waals surface area contributed by atoms with E-state index in [0.29, 0.717) is 22.7 Å². The maximum absolute atomic E-state index is 12.8. The molecule has 3 rings (SSSR count). The maximum atomic E-state index is 12.8. The van der Waals surface area contributed by atoms with Crippen molar-refractivity contribution in [2.24, 2.45) is 0 Å². The zero-order valence-corrected chi connectivity index (χ0v) is 18.5. The monoisotopic (exact) mass is 451 g/mol. The SMILES string of the molecule is Cc1ccc(NC(=O)O[C@H](c2cccc(OCCO)c2)[C@@H](CCO)Oc2ccccc2)cc1. The predicted molar refractivity (Wildman–Crippen MR) is 126 cm³/mol. The van der Waals surface area contributed by atoms with Crippen molar-refractivity contribution >= 4 is 11.8 Å². The summed E-state index contributed by atoms with van der Waals surface area (Å²) in [5.41, 5.74) is 2.32. The molecule has 0 fully saturated rings. The topological polar surface area (TPSA) is 97.3 Å². The summed E-state index contributed by atoms with van der Waals surface area (Å²) in [6.07, 6.45) is -1.90. The summed E-state index contributed by atoms with van der Waals surface area (Å²) in [6.45, 7) is 1.83. The normalized spacial score (nSPS) is 12.5. The van der Waals surface area contributed by atoms with E-state index in [1.54, 1.807) is 48.5 Å². The lowest BCUT2D eigenvalue weighted by Gasteiger charge is -2.28. The fraction of sp³-hybridized carbons (Fsp3) is 0.269. The fourth-order valence-corrected chi connectivity index (χ4v) is 3.28. The van der Waals surface area contributed by atoms with E-state index in [2.05, 4.69) is 5.32 Å². The van der Waals surface area contributed by atoms with Crippen LogP contribution >= 0.6 is 0 Å². The Labute approximate surface area is 193 Å². The first-order valence-corrected chi connectivity index (χ1v) is 10.8. The number of amides is 1. The Morgan fingerprint density at radius 2 is 1.64 bits per heavy atom. The molecular weight excluding hydrogens is 422 g/mol. The Morgan fingerprint density at radius 3 is 2.33 bits per heavy atom. The average molecular weight is 452 g/mol. The second-order valence-corrected chi connectivity index (χ2v) is 7.44. The molecule has 0 aromatic heterocycles. The van der Waals surface area contributed by atoms with E-state index >= 15 is 0 Å². The second kappa shape index (κ2) is 12.5. The smallest absolute Gasteiger partial charge is 0.412 e. The number of ether oxygens (including phenoxy) is 3. The van der Waals surface area contributed by atoms with Gasteiger partial charge in [-0.2, -0.15) is 0 Å². The molecule has 0 spiro atoms. The fourth-order valence-electron chi connectivity index (χ4n) is 3.28. The van der Waals surface area contributed by atoms with E-state index in [0.717, 1.165) is 5.56 Å². The number of aryl methyl sites for hydroxylation is 1. The molecule has 0 bridgehead atoms. The van der Waals surface area contributed by atoms with Crippen molar-refractivity contribution in [3.8, 4) is 11.5 Å². The number of benzene rings is 3. The molecule has 7 heteroatoms. The molecule has 0 unspecified atom stereocenters. The summed E-state index contributed by atoms with van der Waals surface area (Å²) in [7, 11) is 0. The van der Waals surface area contributed by atoms with Gasteiger partial charge in [-0.05, 0) is 48.9 Å². The van der Waals surface area contributed by atoms with Crippen LogP contribution in [0.25, 0.3) is 0 Å². The summed E-state index contributed by atoms with van der Waals surface area (Å²) in [5.74, 6) is 1.12. The Hall–Kier alpha value is -3.55. The van der Waals surface area contributed by atoms with Crippen LogP contribution in [0.15, 0.2) is 78.9 Å². The number of anilines is 1. The summed E-state index contributed by atoms with van der Waals surface area (Å²) in [6, 6.07) is 23.6. The molecule has 3 N–H and O–H groups in total. The summed E-state index contributed by atoms with van der Waals surface area (Å²) in [5, 5.41) is 21.5. The molecule has 3 aromatic rings. The van der Waals surface area contributed by atoms with Crippen LogP contribution in [-0.2, 0) is 4.74 Å². The second-order valence-electron chi connectivity index (χ2n) is 7.44. The van der Waals surface area contributed by atoms with E-state index in [9.17, 15) is 9.90 Å². The van der Waals surface area contributed by atoms with Gasteiger partial charge in [0.2, 0.25) is 0 Å². The van der Waals surface area contributed by atoms with Gasteiger partial charge in [0.15, 0.2) is 6.10 Å². The lowest BCUT2D eigenvalue weighted by molar-refractivity contribution is 0.00897. The van der Waals surface area contributed by atoms with Gasteiger partial charge in [0, 0.05) is 18.7 Å². The highest BCUT2D eigenvalue weighted by atomic mass is 16.6. The van der Waals surface area contributed by atoms with Crippen molar-refractivity contribution in [2.45, 2.75) is 25.6 Å². The molecule has 0 aliphatic rings. The third kappa shape index (κ3) is 7.52. The lowest BCUT2D eigenvalue weighted by atomic mass is 10.0. The molecule has 174 valence electrons. The number of carbonyl (C=O) groups excluding carboxylic acids is 1. The van der Waals surface area contributed by atoms with Gasteiger partial charge in [-0.3, -0.25) is 5.32 Å². The molecule has 0 saturated heterocycles. The first kappa shape index (κ1) is 24.1. The van der Waals surface area contributed by atoms with Crippen LogP contribution in [0.2, 0.25) is 0 Å². The molecule has 0 aliphatic heterocycles. The summed E-state index contributed by atoms with van der Waals surface area (Å²) >= 11 is 0. The van der Waals surface area contributed by atoms with Crippen LogP contribution < -0.4 is 14.8 Å². The minimum Gasteiger partial charge on any atom is -0.491 e. The summed E-state index contributed by atoms with van der Waals surface area (Å²) in [4.78, 5) is 12.8. The van der Waals surface area contributed by atoms with Gasteiger partial charge in [0.25, 0.3) is 0 Å². The van der Waals surface area contributed by atoms with Crippen LogP contribution in [0.5, 0.6) is 11.5 Å². The van der Waals surface area contributed by atoms with E-state index < -0.39 is 18.3 Å². The zero-order valence-electron chi connectivity index (χ0n) is 18.5. The van der Waals surface area contributed by atoms with Gasteiger partial charge in [0.1, 0.15) is 24.2 Å².